The summed E-state index contributed by atoms with van der Waals surface area (Å²) in [5, 5.41) is 3.20. The van der Waals surface area contributed by atoms with Gasteiger partial charge in [0.1, 0.15) is 0 Å². The second-order valence-corrected chi connectivity index (χ2v) is 13.0. The zero-order valence-electron chi connectivity index (χ0n) is 19.3. The first-order valence-corrected chi connectivity index (χ1v) is 13.5. The van der Waals surface area contributed by atoms with Gasteiger partial charge in [0.25, 0.3) is 0 Å². The highest BCUT2D eigenvalue weighted by atomic mass is 16.9. The van der Waals surface area contributed by atoms with Crippen molar-refractivity contribution in [3.63, 3.8) is 0 Å². The molecule has 9 fully saturated rings. The Kier molecular flexibility index (Phi) is 4.54. The van der Waals surface area contributed by atoms with Gasteiger partial charge in [0, 0.05) is 0 Å². The Morgan fingerprint density at radius 2 is 0.812 bits per heavy atom. The quantitative estimate of drug-likeness (QED) is 0.632. The molecule has 8 saturated carbocycles. The van der Waals surface area contributed by atoms with E-state index in [0.29, 0.717) is 48.6 Å². The largest absolute Gasteiger partial charge is 0.349 e. The van der Waals surface area contributed by atoms with E-state index in [1.807, 2.05) is 0 Å². The van der Waals surface area contributed by atoms with E-state index in [9.17, 15) is 9.59 Å². The first-order chi connectivity index (χ1) is 15.5. The summed E-state index contributed by atoms with van der Waals surface area (Å²) >= 11 is 0. The number of carbonyl (C=O) groups is 2. The van der Waals surface area contributed by atoms with E-state index in [-0.39, 0.29) is 22.8 Å². The molecule has 1 heterocycles. The number of hydroxylamine groups is 2. The Bertz CT molecular complexity index is 673. The zero-order chi connectivity index (χ0) is 21.5. The fourth-order valence-electron chi connectivity index (χ4n) is 10.0. The summed E-state index contributed by atoms with van der Waals surface area (Å²) < 4.78 is 0. The number of rotatable bonds is 4. The Balaban J connectivity index is 1.05. The maximum absolute atomic E-state index is 13.5. The standard InChI is InChI=1S/C26H38N2O4/c29-23(25-11-17-5-18(12-25)7-19(6-17)13-25)31-27-3-1-2-4-28(27)32-24(30)26-14-20-8-21(15-26)10-22(9-20)16-26/h17-22H,1-16H2. The van der Waals surface area contributed by atoms with E-state index >= 15 is 0 Å². The van der Waals surface area contributed by atoms with Crippen molar-refractivity contribution in [1.29, 1.82) is 0 Å². The second-order valence-electron chi connectivity index (χ2n) is 13.0. The van der Waals surface area contributed by atoms with Crippen LogP contribution in [0.5, 0.6) is 0 Å². The molecule has 0 atom stereocenters. The van der Waals surface area contributed by atoms with Crippen molar-refractivity contribution in [2.45, 2.75) is 89.9 Å². The third-order valence-electron chi connectivity index (χ3n) is 10.5. The molecule has 6 heteroatoms. The Hall–Kier alpha value is -1.14. The topological polar surface area (TPSA) is 59.1 Å². The van der Waals surface area contributed by atoms with Crippen LogP contribution >= 0.6 is 0 Å². The van der Waals surface area contributed by atoms with Crippen LogP contribution in [0.3, 0.4) is 0 Å². The number of nitrogens with zero attached hydrogens (tertiary/aromatic N) is 2. The molecule has 0 spiro atoms. The molecule has 1 saturated heterocycles. The molecule has 32 heavy (non-hydrogen) atoms. The van der Waals surface area contributed by atoms with Gasteiger partial charge in [-0.25, -0.2) is 9.59 Å². The number of hydrogen-bond donors (Lipinski definition) is 0. The van der Waals surface area contributed by atoms with Crippen molar-refractivity contribution >= 4 is 11.9 Å². The Morgan fingerprint density at radius 1 is 0.531 bits per heavy atom. The molecule has 9 rings (SSSR count). The van der Waals surface area contributed by atoms with Gasteiger partial charge < -0.3 is 9.68 Å². The second kappa shape index (κ2) is 7.18. The SMILES string of the molecule is O=C(ON1CCCCN1OC(=O)C12CC3CC(CC(C3)C1)C2)C12CC3CC(CC(C3)C1)C2. The van der Waals surface area contributed by atoms with Gasteiger partial charge in [0.2, 0.25) is 0 Å². The van der Waals surface area contributed by atoms with Crippen LogP contribution in [0, 0.1) is 46.3 Å². The van der Waals surface area contributed by atoms with E-state index in [4.69, 9.17) is 9.68 Å². The maximum atomic E-state index is 13.5. The molecular formula is C26H38N2O4. The normalized spacial score (nSPS) is 49.4. The lowest BCUT2D eigenvalue weighted by Gasteiger charge is -2.55. The van der Waals surface area contributed by atoms with Gasteiger partial charge in [-0.2, -0.15) is 0 Å². The minimum Gasteiger partial charge on any atom is -0.349 e. The maximum Gasteiger partial charge on any atom is 0.333 e. The first kappa shape index (κ1) is 20.3. The molecule has 0 aromatic heterocycles. The third-order valence-corrected chi connectivity index (χ3v) is 10.5. The molecule has 8 bridgehead atoms. The summed E-state index contributed by atoms with van der Waals surface area (Å²) in [6.45, 7) is 1.23. The molecular weight excluding hydrogens is 404 g/mol. The van der Waals surface area contributed by atoms with E-state index < -0.39 is 0 Å². The van der Waals surface area contributed by atoms with Gasteiger partial charge in [-0.05, 0) is 136 Å². The van der Waals surface area contributed by atoms with Gasteiger partial charge >= 0.3 is 11.9 Å². The molecule has 6 nitrogen and oxygen atoms in total. The first-order valence-electron chi connectivity index (χ1n) is 13.5. The van der Waals surface area contributed by atoms with Crippen LogP contribution in [0.2, 0.25) is 0 Å². The lowest BCUT2D eigenvalue weighted by Crippen LogP contribution is -2.56. The molecule has 176 valence electrons. The fourth-order valence-corrected chi connectivity index (χ4v) is 10.0. The highest BCUT2D eigenvalue weighted by Gasteiger charge is 2.58. The zero-order valence-corrected chi connectivity index (χ0v) is 19.3. The molecule has 0 amide bonds. The molecule has 0 radical (unpaired) electrons. The lowest BCUT2D eigenvalue weighted by molar-refractivity contribution is -0.388. The van der Waals surface area contributed by atoms with Gasteiger partial charge in [-0.3, -0.25) is 0 Å². The van der Waals surface area contributed by atoms with Crippen molar-refractivity contribution in [2.75, 3.05) is 13.1 Å². The van der Waals surface area contributed by atoms with E-state index in [1.54, 1.807) is 10.3 Å². The summed E-state index contributed by atoms with van der Waals surface area (Å²) in [5.74, 6) is 4.13. The fraction of sp³-hybridized carbons (Fsp3) is 0.923. The average molecular weight is 443 g/mol. The summed E-state index contributed by atoms with van der Waals surface area (Å²) in [4.78, 5) is 39.1. The van der Waals surface area contributed by atoms with Crippen LogP contribution in [0.4, 0.5) is 0 Å². The molecule has 0 N–H and O–H groups in total. The van der Waals surface area contributed by atoms with Crippen molar-refractivity contribution in [1.82, 2.24) is 10.3 Å². The van der Waals surface area contributed by atoms with Gasteiger partial charge in [0.15, 0.2) is 0 Å². The summed E-state index contributed by atoms with van der Waals surface area (Å²) in [6, 6.07) is 0. The third kappa shape index (κ3) is 3.19. The molecule has 8 aliphatic carbocycles. The van der Waals surface area contributed by atoms with Gasteiger partial charge in [-0.1, -0.05) is 0 Å². The van der Waals surface area contributed by atoms with Crippen LogP contribution in [0.15, 0.2) is 0 Å². The van der Waals surface area contributed by atoms with Crippen LogP contribution in [-0.2, 0) is 19.3 Å². The molecule has 0 aromatic carbocycles. The van der Waals surface area contributed by atoms with Crippen LogP contribution in [-0.4, -0.2) is 35.4 Å². The summed E-state index contributed by atoms with van der Waals surface area (Å²) in [5.41, 5.74) is -0.580. The Morgan fingerprint density at radius 3 is 1.09 bits per heavy atom. The predicted octanol–water partition coefficient (Wildman–Crippen LogP) is 4.65. The van der Waals surface area contributed by atoms with E-state index in [1.165, 1.54) is 38.5 Å². The number of carbonyl (C=O) groups excluding carboxylic acids is 2. The van der Waals surface area contributed by atoms with E-state index in [0.717, 1.165) is 51.4 Å². The van der Waals surface area contributed by atoms with Crippen molar-refractivity contribution in [2.24, 2.45) is 46.3 Å². The van der Waals surface area contributed by atoms with Crippen LogP contribution in [0.1, 0.15) is 89.9 Å². The predicted molar refractivity (Wildman–Crippen MR) is 116 cm³/mol. The highest BCUT2D eigenvalue weighted by molar-refractivity contribution is 5.78. The van der Waals surface area contributed by atoms with Crippen molar-refractivity contribution < 1.29 is 19.3 Å². The lowest BCUT2D eigenvalue weighted by atomic mass is 9.49. The number of hydrogen-bond acceptors (Lipinski definition) is 6. The minimum atomic E-state index is -0.290. The summed E-state index contributed by atoms with van der Waals surface area (Å²) in [7, 11) is 0. The molecule has 0 unspecified atom stereocenters. The highest BCUT2D eigenvalue weighted by Crippen LogP contribution is 2.61. The van der Waals surface area contributed by atoms with Crippen LogP contribution < -0.4 is 0 Å². The molecule has 0 aromatic rings. The monoisotopic (exact) mass is 442 g/mol. The number of hydrazine groups is 1. The van der Waals surface area contributed by atoms with Gasteiger partial charge in [-0.15, -0.1) is 0 Å². The van der Waals surface area contributed by atoms with Crippen LogP contribution in [0.25, 0.3) is 0 Å². The van der Waals surface area contributed by atoms with Crippen molar-refractivity contribution in [3.05, 3.63) is 0 Å². The van der Waals surface area contributed by atoms with Gasteiger partial charge in [0.05, 0.1) is 23.9 Å². The Labute approximate surface area is 191 Å². The van der Waals surface area contributed by atoms with E-state index in [2.05, 4.69) is 0 Å². The van der Waals surface area contributed by atoms with Crippen molar-refractivity contribution in [3.8, 4) is 0 Å². The minimum absolute atomic E-state index is 0.0608. The average Bonchev–Trinajstić information content (AvgIpc) is 2.73. The molecule has 1 aliphatic heterocycles. The molecule has 9 aliphatic rings. The smallest absolute Gasteiger partial charge is 0.333 e. The summed E-state index contributed by atoms with van der Waals surface area (Å²) in [6.07, 6.45) is 15.8.